The minimum absolute atomic E-state index is 0.433. The molecule has 12 heavy (non-hydrogen) atoms. The van der Waals surface area contributed by atoms with Gasteiger partial charge in [-0.2, -0.15) is 0 Å². The van der Waals surface area contributed by atoms with Crippen molar-refractivity contribution in [1.82, 2.24) is 0 Å². The molecular formula is C8H16O3Si. The molecule has 1 unspecified atom stereocenters. The molecule has 0 saturated heterocycles. The highest BCUT2D eigenvalue weighted by atomic mass is 28.3. The normalized spacial score (nSPS) is 11.8. The van der Waals surface area contributed by atoms with Crippen molar-refractivity contribution in [2.75, 3.05) is 12.8 Å². The Hall–Kier alpha value is -0.773. The molecule has 0 aliphatic rings. The second-order valence-corrected chi connectivity index (χ2v) is 5.38. The van der Waals surface area contributed by atoms with Crippen molar-refractivity contribution in [1.29, 1.82) is 0 Å². The van der Waals surface area contributed by atoms with Crippen molar-refractivity contribution in [3.63, 3.8) is 0 Å². The Bertz CT molecular complexity index is 147. The van der Waals surface area contributed by atoms with Gasteiger partial charge in [-0.15, -0.1) is 12.3 Å². The molecule has 0 radical (unpaired) electrons. The summed E-state index contributed by atoms with van der Waals surface area (Å²) in [4.78, 5) is 10.8. The van der Waals surface area contributed by atoms with Crippen molar-refractivity contribution in [3.8, 4) is 0 Å². The highest BCUT2D eigenvalue weighted by Gasteiger charge is 2.05. The Kier molecular flexibility index (Phi) is 6.46. The van der Waals surface area contributed by atoms with E-state index in [2.05, 4.69) is 13.1 Å². The van der Waals surface area contributed by atoms with Gasteiger partial charge < -0.3 is 9.47 Å². The van der Waals surface area contributed by atoms with Crippen molar-refractivity contribution >= 4 is 15.0 Å². The molecule has 4 heteroatoms. The number of hydrogen-bond donors (Lipinski definition) is 0. The molecule has 3 nitrogen and oxygen atoms in total. The molecule has 0 aliphatic carbocycles. The SMILES string of the molecule is C=C[SiH](C)COC(=O)OCCC. The van der Waals surface area contributed by atoms with E-state index in [-0.39, 0.29) is 0 Å². The van der Waals surface area contributed by atoms with Crippen LogP contribution >= 0.6 is 0 Å². The molecule has 0 saturated carbocycles. The third-order valence-corrected chi connectivity index (χ3v) is 2.79. The van der Waals surface area contributed by atoms with Gasteiger partial charge in [0.15, 0.2) is 0 Å². The molecule has 0 aromatic rings. The lowest BCUT2D eigenvalue weighted by atomic mass is 10.5. The first-order chi connectivity index (χ1) is 5.70. The highest BCUT2D eigenvalue weighted by Crippen LogP contribution is 1.90. The predicted octanol–water partition coefficient (Wildman–Crippen LogP) is 1.67. The summed E-state index contributed by atoms with van der Waals surface area (Å²) < 4.78 is 9.54. The molecule has 0 spiro atoms. The Morgan fingerprint density at radius 1 is 1.58 bits per heavy atom. The summed E-state index contributed by atoms with van der Waals surface area (Å²) in [6.07, 6.45) is 0.744. The van der Waals surface area contributed by atoms with Crippen LogP contribution in [0.1, 0.15) is 13.3 Å². The lowest BCUT2D eigenvalue weighted by Gasteiger charge is -2.06. The first kappa shape index (κ1) is 11.2. The van der Waals surface area contributed by atoms with Crippen LogP contribution in [0.3, 0.4) is 0 Å². The van der Waals surface area contributed by atoms with Crippen LogP contribution in [-0.2, 0) is 9.47 Å². The van der Waals surface area contributed by atoms with Crippen molar-refractivity contribution in [2.45, 2.75) is 19.9 Å². The fourth-order valence-corrected chi connectivity index (χ4v) is 1.03. The number of carbonyl (C=O) groups is 1. The lowest BCUT2D eigenvalue weighted by molar-refractivity contribution is 0.0669. The van der Waals surface area contributed by atoms with Crippen LogP contribution in [0.2, 0.25) is 6.55 Å². The van der Waals surface area contributed by atoms with E-state index in [9.17, 15) is 4.79 Å². The van der Waals surface area contributed by atoms with Crippen LogP contribution in [0.5, 0.6) is 0 Å². The summed E-state index contributed by atoms with van der Waals surface area (Å²) >= 11 is 0. The van der Waals surface area contributed by atoms with Crippen LogP contribution < -0.4 is 0 Å². The molecule has 0 rings (SSSR count). The summed E-state index contributed by atoms with van der Waals surface area (Å²) in [5.74, 6) is 0. The highest BCUT2D eigenvalue weighted by molar-refractivity contribution is 6.62. The van der Waals surface area contributed by atoms with Gasteiger partial charge in [0.05, 0.1) is 12.8 Å². The van der Waals surface area contributed by atoms with E-state index in [1.165, 1.54) is 0 Å². The minimum Gasteiger partial charge on any atom is -0.438 e. The minimum atomic E-state index is -1.03. The van der Waals surface area contributed by atoms with E-state index >= 15 is 0 Å². The summed E-state index contributed by atoms with van der Waals surface area (Å²) in [5.41, 5.74) is 1.87. The van der Waals surface area contributed by atoms with Gasteiger partial charge >= 0.3 is 6.16 Å². The molecule has 0 heterocycles. The van der Waals surface area contributed by atoms with Crippen molar-refractivity contribution in [3.05, 3.63) is 12.3 Å². The molecule has 0 aromatic heterocycles. The smallest absolute Gasteiger partial charge is 0.438 e. The van der Waals surface area contributed by atoms with E-state index in [1.54, 1.807) is 0 Å². The zero-order chi connectivity index (χ0) is 9.40. The van der Waals surface area contributed by atoms with Gasteiger partial charge in [-0.25, -0.2) is 4.79 Å². The average Bonchev–Trinajstić information content (AvgIpc) is 2.10. The fourth-order valence-electron chi connectivity index (χ4n) is 0.495. The number of hydrogen-bond acceptors (Lipinski definition) is 3. The second kappa shape index (κ2) is 6.91. The van der Waals surface area contributed by atoms with E-state index in [1.807, 2.05) is 12.6 Å². The van der Waals surface area contributed by atoms with Crippen LogP contribution in [0.4, 0.5) is 4.79 Å². The Balaban J connectivity index is 3.36. The topological polar surface area (TPSA) is 35.5 Å². The van der Waals surface area contributed by atoms with E-state index in [0.29, 0.717) is 12.8 Å². The van der Waals surface area contributed by atoms with Gasteiger partial charge in [0.2, 0.25) is 0 Å². The van der Waals surface area contributed by atoms with Crippen LogP contribution in [0, 0.1) is 0 Å². The largest absolute Gasteiger partial charge is 0.507 e. The van der Waals surface area contributed by atoms with Gasteiger partial charge in [0.25, 0.3) is 0 Å². The summed E-state index contributed by atoms with van der Waals surface area (Å²) in [6, 6.07) is 0. The molecule has 1 atom stereocenters. The van der Waals surface area contributed by atoms with Gasteiger partial charge in [0, 0.05) is 0 Å². The Morgan fingerprint density at radius 2 is 2.25 bits per heavy atom. The zero-order valence-electron chi connectivity index (χ0n) is 7.71. The third-order valence-electron chi connectivity index (χ3n) is 1.29. The molecule has 0 N–H and O–H groups in total. The quantitative estimate of drug-likeness (QED) is 0.486. The molecule has 0 aromatic carbocycles. The van der Waals surface area contributed by atoms with E-state index in [4.69, 9.17) is 9.47 Å². The molecule has 0 amide bonds. The van der Waals surface area contributed by atoms with E-state index in [0.717, 1.165) is 6.42 Å². The van der Waals surface area contributed by atoms with Gasteiger partial charge in [-0.05, 0) is 6.42 Å². The number of carbonyl (C=O) groups excluding carboxylic acids is 1. The summed E-state index contributed by atoms with van der Waals surface area (Å²) in [6.45, 7) is 8.06. The molecule has 0 aliphatic heterocycles. The maximum absolute atomic E-state index is 10.8. The molecule has 70 valence electrons. The Labute approximate surface area is 75.0 Å². The van der Waals surface area contributed by atoms with Gasteiger partial charge in [-0.1, -0.05) is 13.5 Å². The first-order valence-electron chi connectivity index (χ1n) is 4.12. The van der Waals surface area contributed by atoms with Crippen LogP contribution in [0.25, 0.3) is 0 Å². The first-order valence-corrected chi connectivity index (χ1v) is 6.76. The zero-order valence-corrected chi connectivity index (χ0v) is 8.86. The van der Waals surface area contributed by atoms with Gasteiger partial charge in [-0.3, -0.25) is 0 Å². The standard InChI is InChI=1S/C8H16O3Si/c1-4-6-10-8(9)11-7-12(3)5-2/h5,12H,2,4,6-7H2,1,3H3. The van der Waals surface area contributed by atoms with Crippen LogP contribution in [0.15, 0.2) is 12.3 Å². The molecular weight excluding hydrogens is 172 g/mol. The van der Waals surface area contributed by atoms with E-state index < -0.39 is 15.0 Å². The monoisotopic (exact) mass is 188 g/mol. The van der Waals surface area contributed by atoms with Crippen molar-refractivity contribution in [2.24, 2.45) is 0 Å². The predicted molar refractivity (Wildman–Crippen MR) is 50.8 cm³/mol. The second-order valence-electron chi connectivity index (χ2n) is 2.62. The average molecular weight is 188 g/mol. The van der Waals surface area contributed by atoms with Crippen molar-refractivity contribution < 1.29 is 14.3 Å². The third kappa shape index (κ3) is 5.97. The summed E-state index contributed by atoms with van der Waals surface area (Å²) in [7, 11) is -1.03. The molecule has 0 fully saturated rings. The number of rotatable bonds is 5. The maximum atomic E-state index is 10.8. The summed E-state index contributed by atoms with van der Waals surface area (Å²) in [5, 5.41) is 0. The van der Waals surface area contributed by atoms with Crippen LogP contribution in [-0.4, -0.2) is 27.8 Å². The number of ether oxygens (including phenoxy) is 2. The lowest BCUT2D eigenvalue weighted by Crippen LogP contribution is -2.18. The molecule has 0 bridgehead atoms. The fraction of sp³-hybridized carbons (Fsp3) is 0.625. The maximum Gasteiger partial charge on any atom is 0.507 e. The Morgan fingerprint density at radius 3 is 2.75 bits per heavy atom. The van der Waals surface area contributed by atoms with Gasteiger partial charge in [0.1, 0.15) is 8.80 Å².